The molecule has 0 unspecified atom stereocenters. The molecular formula is C19H17Cl2N3O4S. The lowest BCUT2D eigenvalue weighted by molar-refractivity contribution is 0.102. The van der Waals surface area contributed by atoms with Crippen molar-refractivity contribution < 1.29 is 17.9 Å². The second kappa shape index (κ2) is 8.36. The third kappa shape index (κ3) is 4.84. The predicted molar refractivity (Wildman–Crippen MR) is 114 cm³/mol. The number of ether oxygens (including phenoxy) is 1. The molecule has 29 heavy (non-hydrogen) atoms. The number of carbonyl (C=O) groups is 1. The smallest absolute Gasteiger partial charge is 0.272 e. The van der Waals surface area contributed by atoms with Gasteiger partial charge in [-0.1, -0.05) is 29.3 Å². The molecule has 0 bridgehead atoms. The molecule has 3 rings (SSSR count). The molecule has 0 spiro atoms. The Hall–Kier alpha value is -2.68. The van der Waals surface area contributed by atoms with Gasteiger partial charge in [0, 0.05) is 11.4 Å². The first-order chi connectivity index (χ1) is 13.7. The average molecular weight is 454 g/mol. The zero-order valence-corrected chi connectivity index (χ0v) is 17.7. The summed E-state index contributed by atoms with van der Waals surface area (Å²) in [5.74, 6) is 0.104. The van der Waals surface area contributed by atoms with Crippen molar-refractivity contribution in [2.75, 3.05) is 17.1 Å². The molecule has 1 heterocycles. The molecule has 0 fully saturated rings. The van der Waals surface area contributed by atoms with E-state index in [0.717, 1.165) is 0 Å². The van der Waals surface area contributed by atoms with Crippen LogP contribution in [0.5, 0.6) is 5.75 Å². The number of halogens is 2. The van der Waals surface area contributed by atoms with Crippen LogP contribution in [0.4, 0.5) is 11.4 Å². The summed E-state index contributed by atoms with van der Waals surface area (Å²) in [4.78, 5) is 15.0. The van der Waals surface area contributed by atoms with Crippen LogP contribution in [0.3, 0.4) is 0 Å². The van der Waals surface area contributed by atoms with Crippen LogP contribution in [0, 0.1) is 6.92 Å². The second-order valence-corrected chi connectivity index (χ2v) is 8.55. The topological polar surface area (TPSA) is 100 Å². The number of hydrogen-bond donors (Lipinski definition) is 3. The van der Waals surface area contributed by atoms with E-state index >= 15 is 0 Å². The van der Waals surface area contributed by atoms with Crippen molar-refractivity contribution in [2.45, 2.75) is 11.8 Å². The Kier molecular flexibility index (Phi) is 6.07. The first-order valence-corrected chi connectivity index (χ1v) is 10.6. The third-order valence-corrected chi connectivity index (χ3v) is 6.26. The monoisotopic (exact) mass is 453 g/mol. The maximum absolute atomic E-state index is 12.8. The van der Waals surface area contributed by atoms with Crippen molar-refractivity contribution >= 4 is 50.5 Å². The summed E-state index contributed by atoms with van der Waals surface area (Å²) in [7, 11) is -2.36. The SMILES string of the molecule is COc1ccc(NS(=O)(=O)c2cc(NC(=O)c3cc(Cl)c(Cl)[nH]3)ccc2C)cc1. The van der Waals surface area contributed by atoms with E-state index in [1.807, 2.05) is 0 Å². The number of benzene rings is 2. The van der Waals surface area contributed by atoms with E-state index < -0.39 is 15.9 Å². The molecule has 0 atom stereocenters. The lowest BCUT2D eigenvalue weighted by Crippen LogP contribution is -2.16. The number of sulfonamides is 1. The second-order valence-electron chi connectivity index (χ2n) is 6.11. The number of aromatic amines is 1. The number of aryl methyl sites for hydroxylation is 1. The summed E-state index contributed by atoms with van der Waals surface area (Å²) in [5.41, 5.74) is 1.36. The van der Waals surface area contributed by atoms with E-state index in [4.69, 9.17) is 27.9 Å². The number of rotatable bonds is 6. The molecule has 7 nitrogen and oxygen atoms in total. The predicted octanol–water partition coefficient (Wildman–Crippen LogP) is 4.69. The highest BCUT2D eigenvalue weighted by Crippen LogP contribution is 2.26. The number of amides is 1. The van der Waals surface area contributed by atoms with Crippen molar-refractivity contribution in [3.63, 3.8) is 0 Å². The quantitative estimate of drug-likeness (QED) is 0.503. The molecule has 0 aliphatic carbocycles. The number of H-pyrrole nitrogens is 1. The Morgan fingerprint density at radius 2 is 1.69 bits per heavy atom. The van der Waals surface area contributed by atoms with E-state index in [1.54, 1.807) is 43.3 Å². The highest BCUT2D eigenvalue weighted by Gasteiger charge is 2.19. The largest absolute Gasteiger partial charge is 0.497 e. The van der Waals surface area contributed by atoms with Crippen molar-refractivity contribution in [2.24, 2.45) is 0 Å². The minimum atomic E-state index is -3.88. The Bertz CT molecular complexity index is 1140. The minimum absolute atomic E-state index is 0.0358. The van der Waals surface area contributed by atoms with Gasteiger partial charge in [0.2, 0.25) is 0 Å². The molecule has 3 aromatic rings. The van der Waals surface area contributed by atoms with E-state index in [-0.39, 0.29) is 20.8 Å². The Balaban J connectivity index is 1.84. The van der Waals surface area contributed by atoms with Gasteiger partial charge in [-0.2, -0.15) is 0 Å². The fourth-order valence-corrected chi connectivity index (χ4v) is 4.20. The molecule has 152 valence electrons. The maximum Gasteiger partial charge on any atom is 0.272 e. The van der Waals surface area contributed by atoms with Gasteiger partial charge >= 0.3 is 0 Å². The minimum Gasteiger partial charge on any atom is -0.497 e. The Labute approximate surface area is 178 Å². The summed E-state index contributed by atoms with van der Waals surface area (Å²) in [6.07, 6.45) is 0. The van der Waals surface area contributed by atoms with Crippen LogP contribution in [0.25, 0.3) is 0 Å². The molecule has 10 heteroatoms. The molecule has 0 saturated heterocycles. The van der Waals surface area contributed by atoms with Crippen LogP contribution in [-0.2, 0) is 10.0 Å². The summed E-state index contributed by atoms with van der Waals surface area (Å²) in [6.45, 7) is 1.67. The molecule has 1 amide bonds. The first kappa shape index (κ1) is 21.0. The van der Waals surface area contributed by atoms with Crippen LogP contribution in [0.2, 0.25) is 10.2 Å². The molecule has 0 radical (unpaired) electrons. The molecule has 2 aromatic carbocycles. The van der Waals surface area contributed by atoms with Gasteiger partial charge < -0.3 is 15.0 Å². The zero-order valence-electron chi connectivity index (χ0n) is 15.4. The maximum atomic E-state index is 12.8. The number of methoxy groups -OCH3 is 1. The lowest BCUT2D eigenvalue weighted by Gasteiger charge is -2.13. The van der Waals surface area contributed by atoms with Crippen molar-refractivity contribution in [1.29, 1.82) is 0 Å². The third-order valence-electron chi connectivity index (χ3n) is 4.05. The highest BCUT2D eigenvalue weighted by molar-refractivity contribution is 7.92. The van der Waals surface area contributed by atoms with E-state index in [1.165, 1.54) is 19.2 Å². The first-order valence-electron chi connectivity index (χ1n) is 8.32. The van der Waals surface area contributed by atoms with Gasteiger partial charge in [-0.15, -0.1) is 0 Å². The lowest BCUT2D eigenvalue weighted by atomic mass is 10.2. The summed E-state index contributed by atoms with van der Waals surface area (Å²) < 4.78 is 33.3. The molecule has 0 aliphatic heterocycles. The van der Waals surface area contributed by atoms with E-state index in [2.05, 4.69) is 15.0 Å². The van der Waals surface area contributed by atoms with Gasteiger partial charge in [0.05, 0.1) is 17.0 Å². The van der Waals surface area contributed by atoms with Gasteiger partial charge in [0.1, 0.15) is 16.6 Å². The fourth-order valence-electron chi connectivity index (χ4n) is 2.56. The number of anilines is 2. The summed E-state index contributed by atoms with van der Waals surface area (Å²) in [6, 6.07) is 12.5. The number of aromatic nitrogens is 1. The van der Waals surface area contributed by atoms with Crippen LogP contribution < -0.4 is 14.8 Å². The van der Waals surface area contributed by atoms with Crippen molar-refractivity contribution in [3.8, 4) is 5.75 Å². The van der Waals surface area contributed by atoms with Gasteiger partial charge in [-0.3, -0.25) is 9.52 Å². The molecular weight excluding hydrogens is 437 g/mol. The van der Waals surface area contributed by atoms with Gasteiger partial charge in [0.15, 0.2) is 0 Å². The Morgan fingerprint density at radius 1 is 1.03 bits per heavy atom. The molecule has 3 N–H and O–H groups in total. The van der Waals surface area contributed by atoms with Gasteiger partial charge in [-0.25, -0.2) is 8.42 Å². The average Bonchev–Trinajstić information content (AvgIpc) is 3.02. The van der Waals surface area contributed by atoms with Crippen LogP contribution in [0.1, 0.15) is 16.1 Å². The number of nitrogens with one attached hydrogen (secondary N) is 3. The van der Waals surface area contributed by atoms with Gasteiger partial charge in [0.25, 0.3) is 15.9 Å². The standard InChI is InChI=1S/C19H17Cl2N3O4S/c1-11-3-4-13(22-19(25)16-10-15(20)18(21)23-16)9-17(11)29(26,27)24-12-5-7-14(28-2)8-6-12/h3-10,23-24H,1-2H3,(H,22,25). The van der Waals surface area contributed by atoms with Gasteiger partial charge in [-0.05, 0) is 55.0 Å². The van der Waals surface area contributed by atoms with E-state index in [0.29, 0.717) is 22.7 Å². The van der Waals surface area contributed by atoms with Crippen LogP contribution in [-0.4, -0.2) is 26.4 Å². The normalized spacial score (nSPS) is 11.2. The summed E-state index contributed by atoms with van der Waals surface area (Å²) >= 11 is 11.7. The number of hydrogen-bond acceptors (Lipinski definition) is 4. The molecule has 0 saturated carbocycles. The zero-order chi connectivity index (χ0) is 21.2. The highest BCUT2D eigenvalue weighted by atomic mass is 35.5. The fraction of sp³-hybridized carbons (Fsp3) is 0.105. The van der Waals surface area contributed by atoms with Crippen LogP contribution in [0.15, 0.2) is 53.4 Å². The van der Waals surface area contributed by atoms with E-state index in [9.17, 15) is 13.2 Å². The van der Waals surface area contributed by atoms with Crippen LogP contribution >= 0.6 is 23.2 Å². The number of carbonyl (C=O) groups excluding carboxylic acids is 1. The van der Waals surface area contributed by atoms with Crippen molar-refractivity contribution in [3.05, 3.63) is 70.0 Å². The molecule has 1 aromatic heterocycles. The summed E-state index contributed by atoms with van der Waals surface area (Å²) in [5, 5.41) is 2.98. The molecule has 0 aliphatic rings. The Morgan fingerprint density at radius 3 is 2.28 bits per heavy atom. The van der Waals surface area contributed by atoms with Crippen molar-refractivity contribution in [1.82, 2.24) is 4.98 Å².